The van der Waals surface area contributed by atoms with E-state index in [-0.39, 0.29) is 5.97 Å². The fourth-order valence-electron chi connectivity index (χ4n) is 1.80. The maximum atomic E-state index is 11.0. The van der Waals surface area contributed by atoms with Gasteiger partial charge in [-0.25, -0.2) is 0 Å². The first-order valence-corrected chi connectivity index (χ1v) is 5.56. The van der Waals surface area contributed by atoms with Gasteiger partial charge in [0, 0.05) is 19.6 Å². The Morgan fingerprint density at radius 3 is 2.79 bits per heavy atom. The molecule has 0 radical (unpaired) electrons. The molecule has 0 bridgehead atoms. The van der Waals surface area contributed by atoms with Gasteiger partial charge in [-0.3, -0.25) is 4.79 Å². The van der Waals surface area contributed by atoms with Crippen molar-refractivity contribution in [3.8, 4) is 0 Å². The zero-order valence-corrected chi connectivity index (χ0v) is 8.96. The molecule has 0 spiro atoms. The van der Waals surface area contributed by atoms with Crippen LogP contribution in [0, 0.1) is 5.92 Å². The van der Waals surface area contributed by atoms with E-state index < -0.39 is 0 Å². The fraction of sp³-hybridized carbons (Fsp3) is 0.909. The average Bonchev–Trinajstić information content (AvgIpc) is 2.20. The van der Waals surface area contributed by atoms with E-state index in [0.717, 1.165) is 44.8 Å². The minimum atomic E-state index is -0.0560. The molecule has 1 saturated heterocycles. The van der Waals surface area contributed by atoms with Crippen molar-refractivity contribution in [2.45, 2.75) is 39.0 Å². The van der Waals surface area contributed by atoms with E-state index in [2.05, 4.69) is 0 Å². The topological polar surface area (TPSA) is 35.5 Å². The van der Waals surface area contributed by atoms with Crippen molar-refractivity contribution in [3.05, 3.63) is 0 Å². The maximum absolute atomic E-state index is 11.0. The number of esters is 1. The molecule has 1 aliphatic heterocycles. The summed E-state index contributed by atoms with van der Waals surface area (Å²) in [5, 5.41) is 0. The van der Waals surface area contributed by atoms with Crippen molar-refractivity contribution in [1.82, 2.24) is 0 Å². The van der Waals surface area contributed by atoms with Crippen LogP contribution in [-0.4, -0.2) is 25.8 Å². The molecule has 0 aromatic rings. The zero-order chi connectivity index (χ0) is 10.2. The van der Waals surface area contributed by atoms with Crippen LogP contribution < -0.4 is 0 Å². The van der Waals surface area contributed by atoms with E-state index in [1.165, 1.54) is 0 Å². The molecule has 1 fully saturated rings. The third-order valence-electron chi connectivity index (χ3n) is 2.64. The summed E-state index contributed by atoms with van der Waals surface area (Å²) in [6, 6.07) is 0. The molecule has 0 aromatic carbocycles. The molecule has 1 rings (SSSR count). The van der Waals surface area contributed by atoms with Crippen LogP contribution in [0.1, 0.15) is 39.0 Å². The molecular weight excluding hydrogens is 180 g/mol. The Labute approximate surface area is 85.8 Å². The van der Waals surface area contributed by atoms with Crippen LogP contribution in [0.4, 0.5) is 0 Å². The van der Waals surface area contributed by atoms with Crippen LogP contribution in [-0.2, 0) is 14.3 Å². The summed E-state index contributed by atoms with van der Waals surface area (Å²) in [6.45, 7) is 4.13. The summed E-state index contributed by atoms with van der Waals surface area (Å²) in [7, 11) is 0. The summed E-state index contributed by atoms with van der Waals surface area (Å²) < 4.78 is 10.1. The van der Waals surface area contributed by atoms with Gasteiger partial charge >= 0.3 is 5.97 Å². The van der Waals surface area contributed by atoms with E-state index in [4.69, 9.17) is 9.47 Å². The highest BCUT2D eigenvalue weighted by Gasteiger charge is 2.13. The SMILES string of the molecule is CCOC(=O)CCCC1CCOCC1. The molecule has 3 nitrogen and oxygen atoms in total. The Balaban J connectivity index is 1.99. The number of hydrogen-bond donors (Lipinski definition) is 0. The van der Waals surface area contributed by atoms with Gasteiger partial charge < -0.3 is 9.47 Å². The largest absolute Gasteiger partial charge is 0.466 e. The van der Waals surface area contributed by atoms with Gasteiger partial charge in [-0.05, 0) is 38.5 Å². The highest BCUT2D eigenvalue weighted by Crippen LogP contribution is 2.20. The predicted octanol–water partition coefficient (Wildman–Crippen LogP) is 2.15. The van der Waals surface area contributed by atoms with Crippen LogP contribution in [0.3, 0.4) is 0 Å². The van der Waals surface area contributed by atoms with Crippen molar-refractivity contribution in [3.63, 3.8) is 0 Å². The summed E-state index contributed by atoms with van der Waals surface area (Å²) in [5.41, 5.74) is 0. The standard InChI is InChI=1S/C11H20O3/c1-2-14-11(12)5-3-4-10-6-8-13-9-7-10/h10H,2-9H2,1H3. The third kappa shape index (κ3) is 4.61. The number of rotatable bonds is 5. The lowest BCUT2D eigenvalue weighted by molar-refractivity contribution is -0.143. The summed E-state index contributed by atoms with van der Waals surface area (Å²) in [6.07, 6.45) is 4.99. The molecule has 0 amide bonds. The van der Waals surface area contributed by atoms with E-state index >= 15 is 0 Å². The molecule has 0 unspecified atom stereocenters. The number of carbonyl (C=O) groups is 1. The van der Waals surface area contributed by atoms with Crippen LogP contribution >= 0.6 is 0 Å². The van der Waals surface area contributed by atoms with Gasteiger partial charge in [0.05, 0.1) is 6.61 Å². The van der Waals surface area contributed by atoms with E-state index in [9.17, 15) is 4.79 Å². The lowest BCUT2D eigenvalue weighted by atomic mass is 9.94. The smallest absolute Gasteiger partial charge is 0.305 e. The molecule has 0 aliphatic carbocycles. The molecule has 0 saturated carbocycles. The summed E-state index contributed by atoms with van der Waals surface area (Å²) in [4.78, 5) is 11.0. The van der Waals surface area contributed by atoms with Gasteiger partial charge in [-0.1, -0.05) is 0 Å². The first-order valence-electron chi connectivity index (χ1n) is 5.56. The van der Waals surface area contributed by atoms with Gasteiger partial charge in [0.2, 0.25) is 0 Å². The van der Waals surface area contributed by atoms with Crippen molar-refractivity contribution < 1.29 is 14.3 Å². The highest BCUT2D eigenvalue weighted by atomic mass is 16.5. The van der Waals surface area contributed by atoms with Gasteiger partial charge in [0.25, 0.3) is 0 Å². The molecule has 0 N–H and O–H groups in total. The number of hydrogen-bond acceptors (Lipinski definition) is 3. The van der Waals surface area contributed by atoms with Gasteiger partial charge in [0.1, 0.15) is 0 Å². The second-order valence-electron chi connectivity index (χ2n) is 3.75. The molecule has 82 valence electrons. The molecule has 1 heterocycles. The van der Waals surface area contributed by atoms with Gasteiger partial charge in [-0.15, -0.1) is 0 Å². The second kappa shape index (κ2) is 6.82. The predicted molar refractivity (Wildman–Crippen MR) is 54.0 cm³/mol. The minimum absolute atomic E-state index is 0.0560. The molecule has 14 heavy (non-hydrogen) atoms. The third-order valence-corrected chi connectivity index (χ3v) is 2.64. The first kappa shape index (κ1) is 11.5. The van der Waals surface area contributed by atoms with Crippen molar-refractivity contribution in [2.75, 3.05) is 19.8 Å². The minimum Gasteiger partial charge on any atom is -0.466 e. The second-order valence-corrected chi connectivity index (χ2v) is 3.75. The van der Waals surface area contributed by atoms with Crippen LogP contribution in [0.2, 0.25) is 0 Å². The van der Waals surface area contributed by atoms with Crippen LogP contribution in [0.15, 0.2) is 0 Å². The number of ether oxygens (including phenoxy) is 2. The normalized spacial score (nSPS) is 18.1. The molecule has 0 aromatic heterocycles. The number of carbonyl (C=O) groups excluding carboxylic acids is 1. The van der Waals surface area contributed by atoms with E-state index in [1.807, 2.05) is 6.92 Å². The van der Waals surface area contributed by atoms with Crippen LogP contribution in [0.5, 0.6) is 0 Å². The average molecular weight is 200 g/mol. The lowest BCUT2D eigenvalue weighted by Gasteiger charge is -2.21. The molecule has 0 atom stereocenters. The summed E-state index contributed by atoms with van der Waals surface area (Å²) in [5.74, 6) is 0.706. The quantitative estimate of drug-likeness (QED) is 0.638. The molecule has 3 heteroatoms. The molecule has 1 aliphatic rings. The highest BCUT2D eigenvalue weighted by molar-refractivity contribution is 5.69. The maximum Gasteiger partial charge on any atom is 0.305 e. The Bertz CT molecular complexity index is 162. The Morgan fingerprint density at radius 2 is 2.14 bits per heavy atom. The van der Waals surface area contributed by atoms with E-state index in [0.29, 0.717) is 13.0 Å². The van der Waals surface area contributed by atoms with Gasteiger partial charge in [-0.2, -0.15) is 0 Å². The van der Waals surface area contributed by atoms with Gasteiger partial charge in [0.15, 0.2) is 0 Å². The fourth-order valence-corrected chi connectivity index (χ4v) is 1.80. The lowest BCUT2D eigenvalue weighted by Crippen LogP contribution is -2.16. The Hall–Kier alpha value is -0.570. The molecular formula is C11H20O3. The Morgan fingerprint density at radius 1 is 1.43 bits per heavy atom. The first-order chi connectivity index (χ1) is 6.83. The summed E-state index contributed by atoms with van der Waals surface area (Å²) >= 11 is 0. The Kier molecular flexibility index (Phi) is 5.60. The van der Waals surface area contributed by atoms with Crippen LogP contribution in [0.25, 0.3) is 0 Å². The van der Waals surface area contributed by atoms with Crippen molar-refractivity contribution in [1.29, 1.82) is 0 Å². The van der Waals surface area contributed by atoms with E-state index in [1.54, 1.807) is 0 Å². The van der Waals surface area contributed by atoms with Crippen molar-refractivity contribution in [2.24, 2.45) is 5.92 Å². The van der Waals surface area contributed by atoms with Crippen molar-refractivity contribution >= 4 is 5.97 Å². The monoisotopic (exact) mass is 200 g/mol. The zero-order valence-electron chi connectivity index (χ0n) is 8.96.